The third-order valence-corrected chi connectivity index (χ3v) is 6.41. The Bertz CT molecular complexity index is 1170. The van der Waals surface area contributed by atoms with E-state index in [4.69, 9.17) is 5.73 Å². The van der Waals surface area contributed by atoms with Crippen LogP contribution in [0.15, 0.2) is 54.6 Å². The van der Waals surface area contributed by atoms with Crippen molar-refractivity contribution < 1.29 is 29.1 Å². The fourth-order valence-electron chi connectivity index (χ4n) is 3.72. The lowest BCUT2D eigenvalue weighted by atomic mass is 10.0. The van der Waals surface area contributed by atoms with Crippen molar-refractivity contribution in [2.45, 2.75) is 51.7 Å². The van der Waals surface area contributed by atoms with Crippen LogP contribution in [-0.2, 0) is 36.8 Å². The van der Waals surface area contributed by atoms with Crippen molar-refractivity contribution in [3.05, 3.63) is 65.7 Å². The second kappa shape index (κ2) is 15.4. The molecule has 0 saturated carbocycles. The van der Waals surface area contributed by atoms with Crippen molar-refractivity contribution in [1.82, 2.24) is 20.9 Å². The summed E-state index contributed by atoms with van der Waals surface area (Å²) in [5, 5.41) is 17.0. The van der Waals surface area contributed by atoms with Crippen molar-refractivity contribution in [2.75, 3.05) is 20.1 Å². The lowest BCUT2D eigenvalue weighted by Gasteiger charge is -2.28. The van der Waals surface area contributed by atoms with Crippen LogP contribution in [0.4, 0.5) is 0 Å². The molecule has 0 aromatic heterocycles. The summed E-state index contributed by atoms with van der Waals surface area (Å²) in [5.41, 5.74) is 7.52. The minimum absolute atomic E-state index is 0.0977. The molecule has 0 aliphatic heterocycles. The first kappa shape index (κ1) is 32.0. The third kappa shape index (κ3) is 10.1. The lowest BCUT2D eigenvalue weighted by Crippen LogP contribution is -2.54. The Morgan fingerprint density at radius 1 is 0.800 bits per heavy atom. The number of hydrogen-bond acceptors (Lipinski definition) is 7. The first-order valence-corrected chi connectivity index (χ1v) is 13.1. The number of nitrogens with two attached hydrogens (primary N) is 1. The van der Waals surface area contributed by atoms with E-state index in [1.807, 2.05) is 30.3 Å². The molecule has 4 amide bonds. The smallest absolute Gasteiger partial charge is 0.243 e. The maximum Gasteiger partial charge on any atom is 0.243 e. The molecular weight excluding hydrogens is 514 g/mol. The summed E-state index contributed by atoms with van der Waals surface area (Å²) in [7, 11) is 1.46. The zero-order valence-corrected chi connectivity index (χ0v) is 23.3. The molecule has 11 nitrogen and oxygen atoms in total. The molecule has 0 aliphatic carbocycles. The summed E-state index contributed by atoms with van der Waals surface area (Å²) in [4.78, 5) is 64.2. The van der Waals surface area contributed by atoms with Gasteiger partial charge in [-0.2, -0.15) is 0 Å². The summed E-state index contributed by atoms with van der Waals surface area (Å²) < 4.78 is 0. The summed E-state index contributed by atoms with van der Waals surface area (Å²) >= 11 is 0. The average molecular weight is 554 g/mol. The van der Waals surface area contributed by atoms with Crippen molar-refractivity contribution in [3.8, 4) is 5.75 Å². The Balaban J connectivity index is 1.94. The van der Waals surface area contributed by atoms with E-state index in [-0.39, 0.29) is 36.8 Å². The van der Waals surface area contributed by atoms with Crippen LogP contribution < -0.4 is 21.7 Å². The van der Waals surface area contributed by atoms with Gasteiger partial charge in [-0.25, -0.2) is 0 Å². The second-order valence-electron chi connectivity index (χ2n) is 9.97. The zero-order valence-electron chi connectivity index (χ0n) is 23.3. The first-order chi connectivity index (χ1) is 18.9. The minimum Gasteiger partial charge on any atom is -0.508 e. The fraction of sp³-hybridized carbons (Fsp3) is 0.414. The molecule has 2 aromatic rings. The number of aromatic hydroxyl groups is 1. The SMILES string of the molecule is CC(C)C(=O)CNC(=O)C(Cc1ccccc1)N(C)C(=O)CNC(=O)[C@@H](C)NC(=O)[C@@H](N)Cc1ccc(O)cc1. The Kier molecular flexibility index (Phi) is 12.3. The van der Waals surface area contributed by atoms with E-state index in [1.165, 1.54) is 31.0 Å². The number of carbonyl (C=O) groups is 5. The lowest BCUT2D eigenvalue weighted by molar-refractivity contribution is -0.139. The Morgan fingerprint density at radius 3 is 1.98 bits per heavy atom. The molecular formula is C29H39N5O6. The average Bonchev–Trinajstić information content (AvgIpc) is 2.93. The van der Waals surface area contributed by atoms with Gasteiger partial charge in [-0.05, 0) is 36.6 Å². The van der Waals surface area contributed by atoms with E-state index in [2.05, 4.69) is 16.0 Å². The number of rotatable bonds is 14. The van der Waals surface area contributed by atoms with Crippen LogP contribution in [0, 0.1) is 5.92 Å². The Morgan fingerprint density at radius 2 is 1.38 bits per heavy atom. The molecule has 1 unspecified atom stereocenters. The van der Waals surface area contributed by atoms with Crippen LogP contribution in [-0.4, -0.2) is 77.7 Å². The van der Waals surface area contributed by atoms with E-state index in [0.29, 0.717) is 0 Å². The highest BCUT2D eigenvalue weighted by molar-refractivity contribution is 5.94. The van der Waals surface area contributed by atoms with Gasteiger partial charge in [-0.3, -0.25) is 24.0 Å². The predicted molar refractivity (Wildman–Crippen MR) is 150 cm³/mol. The van der Waals surface area contributed by atoms with E-state index < -0.39 is 48.3 Å². The highest BCUT2D eigenvalue weighted by Gasteiger charge is 2.28. The quantitative estimate of drug-likeness (QED) is 0.224. The molecule has 6 N–H and O–H groups in total. The van der Waals surface area contributed by atoms with Gasteiger partial charge in [0, 0.05) is 19.4 Å². The highest BCUT2D eigenvalue weighted by atomic mass is 16.3. The van der Waals surface area contributed by atoms with Crippen LogP contribution in [0.5, 0.6) is 5.75 Å². The maximum atomic E-state index is 13.0. The predicted octanol–water partition coefficient (Wildman–Crippen LogP) is 0.294. The normalized spacial score (nSPS) is 13.1. The van der Waals surface area contributed by atoms with E-state index in [1.54, 1.807) is 26.0 Å². The molecule has 0 aliphatic rings. The molecule has 3 atom stereocenters. The summed E-state index contributed by atoms with van der Waals surface area (Å²) in [5.74, 6) is -2.43. The van der Waals surface area contributed by atoms with Crippen molar-refractivity contribution in [1.29, 1.82) is 0 Å². The monoisotopic (exact) mass is 553 g/mol. The summed E-state index contributed by atoms with van der Waals surface area (Å²) in [6, 6.07) is 12.6. The topological polar surface area (TPSA) is 171 Å². The third-order valence-electron chi connectivity index (χ3n) is 6.41. The molecule has 11 heteroatoms. The van der Waals surface area contributed by atoms with Crippen LogP contribution in [0.1, 0.15) is 31.9 Å². The number of ketones is 1. The maximum absolute atomic E-state index is 13.0. The van der Waals surface area contributed by atoms with E-state index in [9.17, 15) is 29.1 Å². The van der Waals surface area contributed by atoms with Gasteiger partial charge in [0.15, 0.2) is 5.78 Å². The Labute approximate surface area is 234 Å². The van der Waals surface area contributed by atoms with Crippen LogP contribution >= 0.6 is 0 Å². The number of amides is 4. The number of phenolic OH excluding ortho intramolecular Hbond substituents is 1. The number of phenols is 1. The number of nitrogens with zero attached hydrogens (tertiary/aromatic N) is 1. The first-order valence-electron chi connectivity index (χ1n) is 13.1. The van der Waals surface area contributed by atoms with Gasteiger partial charge in [0.05, 0.1) is 19.1 Å². The van der Waals surface area contributed by atoms with Crippen molar-refractivity contribution in [2.24, 2.45) is 11.7 Å². The largest absolute Gasteiger partial charge is 0.508 e. The molecule has 216 valence electrons. The minimum atomic E-state index is -0.970. The van der Waals surface area contributed by atoms with Gasteiger partial charge in [0.1, 0.15) is 17.8 Å². The molecule has 0 fully saturated rings. The molecule has 40 heavy (non-hydrogen) atoms. The number of Topliss-reactive ketones (excluding diaryl/α,β-unsaturated/α-hetero) is 1. The van der Waals surface area contributed by atoms with Crippen LogP contribution in [0.3, 0.4) is 0 Å². The van der Waals surface area contributed by atoms with Crippen molar-refractivity contribution >= 4 is 29.4 Å². The zero-order chi connectivity index (χ0) is 29.8. The number of hydrogen-bond donors (Lipinski definition) is 5. The Hall–Kier alpha value is -4.25. The van der Waals surface area contributed by atoms with Crippen LogP contribution in [0.25, 0.3) is 0 Å². The second-order valence-corrected chi connectivity index (χ2v) is 9.97. The number of benzene rings is 2. The van der Waals surface area contributed by atoms with E-state index in [0.717, 1.165) is 11.1 Å². The molecule has 0 heterocycles. The number of nitrogens with one attached hydrogen (secondary N) is 3. The molecule has 0 radical (unpaired) electrons. The highest BCUT2D eigenvalue weighted by Crippen LogP contribution is 2.11. The molecule has 0 saturated heterocycles. The molecule has 2 aromatic carbocycles. The van der Waals surface area contributed by atoms with Gasteiger partial charge >= 0.3 is 0 Å². The number of carbonyl (C=O) groups excluding carboxylic acids is 5. The molecule has 2 rings (SSSR count). The molecule has 0 bridgehead atoms. The fourth-order valence-corrected chi connectivity index (χ4v) is 3.72. The van der Waals surface area contributed by atoms with Gasteiger partial charge < -0.3 is 31.7 Å². The van der Waals surface area contributed by atoms with Gasteiger partial charge in [-0.1, -0.05) is 56.3 Å². The summed E-state index contributed by atoms with van der Waals surface area (Å²) in [6.45, 7) is 4.39. The molecule has 0 spiro atoms. The van der Waals surface area contributed by atoms with Gasteiger partial charge in [-0.15, -0.1) is 0 Å². The van der Waals surface area contributed by atoms with Crippen LogP contribution in [0.2, 0.25) is 0 Å². The van der Waals surface area contributed by atoms with E-state index >= 15 is 0 Å². The standard InChI is InChI=1S/C29H39N5O6/c1-18(2)25(36)16-31-29(40)24(15-20-8-6-5-7-9-20)34(4)26(37)17-32-27(38)19(3)33-28(39)23(30)14-21-10-12-22(35)13-11-21/h5-13,18-19,23-24,35H,14-17,30H2,1-4H3,(H,31,40)(H,32,38)(H,33,39)/t19-,23+,24?/m1/s1. The van der Waals surface area contributed by atoms with Gasteiger partial charge in [0.2, 0.25) is 23.6 Å². The summed E-state index contributed by atoms with van der Waals surface area (Å²) in [6.07, 6.45) is 0.418. The number of likely N-dealkylation sites (N-methyl/N-ethyl adjacent to an activating group) is 1. The van der Waals surface area contributed by atoms with Gasteiger partial charge in [0.25, 0.3) is 0 Å². The van der Waals surface area contributed by atoms with Crippen molar-refractivity contribution in [3.63, 3.8) is 0 Å².